The lowest BCUT2D eigenvalue weighted by Gasteiger charge is -2.31. The van der Waals surface area contributed by atoms with Crippen molar-refractivity contribution in [2.45, 2.75) is 70.6 Å². The summed E-state index contributed by atoms with van der Waals surface area (Å²) in [5, 5.41) is 6.39. The minimum atomic E-state index is -0.441. The van der Waals surface area contributed by atoms with Gasteiger partial charge in [0.15, 0.2) is 0 Å². The Balaban J connectivity index is 2.30. The van der Waals surface area contributed by atoms with Crippen molar-refractivity contribution in [2.75, 3.05) is 6.54 Å². The molecule has 1 aliphatic carbocycles. The molecular formula is C15H26N2O2. The minimum absolute atomic E-state index is 0.201. The lowest BCUT2D eigenvalue weighted by molar-refractivity contribution is 0.0489. The predicted molar refractivity (Wildman–Crippen MR) is 76.9 cm³/mol. The Morgan fingerprint density at radius 2 is 2.05 bits per heavy atom. The van der Waals surface area contributed by atoms with Crippen molar-refractivity contribution in [3.63, 3.8) is 0 Å². The summed E-state index contributed by atoms with van der Waals surface area (Å²) in [5.74, 6) is 2.62. The second-order valence-electron chi connectivity index (χ2n) is 6.11. The van der Waals surface area contributed by atoms with E-state index in [1.165, 1.54) is 0 Å². The average molecular weight is 266 g/mol. The van der Waals surface area contributed by atoms with Gasteiger partial charge in [-0.3, -0.25) is 0 Å². The van der Waals surface area contributed by atoms with Crippen molar-refractivity contribution in [2.24, 2.45) is 0 Å². The molecule has 1 saturated carbocycles. The van der Waals surface area contributed by atoms with Gasteiger partial charge in [0.2, 0.25) is 0 Å². The van der Waals surface area contributed by atoms with Gasteiger partial charge in [-0.15, -0.1) is 12.3 Å². The van der Waals surface area contributed by atoms with Gasteiger partial charge in [0.1, 0.15) is 5.60 Å². The highest BCUT2D eigenvalue weighted by Crippen LogP contribution is 2.19. The van der Waals surface area contributed by atoms with Crippen LogP contribution in [0.2, 0.25) is 0 Å². The standard InChI is InChI=1S/C15H26N2O2/c1-5-6-10-16-12-8-7-9-13(11-12)17-14(18)19-15(2,3)4/h1,12-13,16H,6-11H2,2-4H3,(H,17,18). The third-order valence-corrected chi connectivity index (χ3v) is 3.10. The molecule has 0 heterocycles. The quantitative estimate of drug-likeness (QED) is 0.607. The maximum atomic E-state index is 11.7. The number of carbonyl (C=O) groups is 1. The fourth-order valence-electron chi connectivity index (χ4n) is 2.33. The maximum Gasteiger partial charge on any atom is 0.407 e. The van der Waals surface area contributed by atoms with Crippen LogP contribution in [-0.2, 0) is 4.74 Å². The smallest absolute Gasteiger partial charge is 0.407 e. The number of ether oxygens (including phenoxy) is 1. The Labute approximate surface area is 116 Å². The summed E-state index contributed by atoms with van der Waals surface area (Å²) in [6.07, 6.45) is 9.90. The van der Waals surface area contributed by atoms with E-state index < -0.39 is 5.60 Å². The van der Waals surface area contributed by atoms with Crippen LogP contribution in [0.25, 0.3) is 0 Å². The van der Waals surface area contributed by atoms with Crippen LogP contribution in [0.1, 0.15) is 52.9 Å². The largest absolute Gasteiger partial charge is 0.444 e. The van der Waals surface area contributed by atoms with E-state index in [-0.39, 0.29) is 12.1 Å². The third kappa shape index (κ3) is 7.07. The van der Waals surface area contributed by atoms with Crippen LogP contribution < -0.4 is 10.6 Å². The summed E-state index contributed by atoms with van der Waals surface area (Å²) >= 11 is 0. The Kier molecular flexibility index (Phi) is 6.17. The molecule has 0 aromatic carbocycles. The highest BCUT2D eigenvalue weighted by Gasteiger charge is 2.24. The third-order valence-electron chi connectivity index (χ3n) is 3.10. The van der Waals surface area contributed by atoms with Gasteiger partial charge in [0.25, 0.3) is 0 Å². The Morgan fingerprint density at radius 1 is 1.37 bits per heavy atom. The lowest BCUT2D eigenvalue weighted by Crippen LogP contribution is -2.45. The number of rotatable bonds is 4. The molecule has 0 saturated heterocycles. The van der Waals surface area contributed by atoms with E-state index in [1.54, 1.807) is 0 Å². The molecule has 0 spiro atoms. The number of terminal acetylenes is 1. The normalized spacial score (nSPS) is 23.5. The van der Waals surface area contributed by atoms with Gasteiger partial charge in [-0.1, -0.05) is 0 Å². The van der Waals surface area contributed by atoms with Crippen molar-refractivity contribution >= 4 is 6.09 Å². The number of amides is 1. The number of hydrogen-bond acceptors (Lipinski definition) is 3. The summed E-state index contributed by atoms with van der Waals surface area (Å²) in [6, 6.07) is 0.647. The first kappa shape index (κ1) is 15.8. The average Bonchev–Trinajstić information content (AvgIpc) is 2.27. The summed E-state index contributed by atoms with van der Waals surface area (Å²) in [7, 11) is 0. The van der Waals surface area contributed by atoms with Gasteiger partial charge in [0.05, 0.1) is 0 Å². The molecule has 2 atom stereocenters. The molecule has 1 fully saturated rings. The molecule has 0 bridgehead atoms. The number of nitrogens with one attached hydrogen (secondary N) is 2. The zero-order chi connectivity index (χ0) is 14.3. The second kappa shape index (κ2) is 7.40. The van der Waals surface area contributed by atoms with Crippen molar-refractivity contribution in [1.82, 2.24) is 10.6 Å². The molecule has 0 radical (unpaired) electrons. The van der Waals surface area contributed by atoms with E-state index >= 15 is 0 Å². The topological polar surface area (TPSA) is 50.4 Å². The van der Waals surface area contributed by atoms with Gasteiger partial charge in [-0.05, 0) is 46.5 Å². The molecule has 0 aromatic rings. The van der Waals surface area contributed by atoms with E-state index in [0.717, 1.165) is 38.6 Å². The van der Waals surface area contributed by atoms with Crippen molar-refractivity contribution in [3.8, 4) is 12.3 Å². The van der Waals surface area contributed by atoms with Gasteiger partial charge >= 0.3 is 6.09 Å². The number of hydrogen-bond donors (Lipinski definition) is 2. The van der Waals surface area contributed by atoms with E-state index in [1.807, 2.05) is 20.8 Å². The molecule has 0 aromatic heterocycles. The van der Waals surface area contributed by atoms with Crippen molar-refractivity contribution in [3.05, 3.63) is 0 Å². The molecule has 4 nitrogen and oxygen atoms in total. The van der Waals surface area contributed by atoms with Crippen LogP contribution in [0.15, 0.2) is 0 Å². The molecule has 0 aliphatic heterocycles. The van der Waals surface area contributed by atoms with Gasteiger partial charge in [-0.2, -0.15) is 0 Å². The molecule has 4 heteroatoms. The second-order valence-corrected chi connectivity index (χ2v) is 6.11. The van der Waals surface area contributed by atoms with Crippen LogP contribution in [0.3, 0.4) is 0 Å². The molecule has 108 valence electrons. The molecule has 2 N–H and O–H groups in total. The Bertz CT molecular complexity index is 328. The molecule has 2 unspecified atom stereocenters. The monoisotopic (exact) mass is 266 g/mol. The number of alkyl carbamates (subject to hydrolysis) is 1. The summed E-state index contributed by atoms with van der Waals surface area (Å²) in [4.78, 5) is 11.7. The van der Waals surface area contributed by atoms with Crippen LogP contribution in [0.5, 0.6) is 0 Å². The van der Waals surface area contributed by atoms with Crippen molar-refractivity contribution < 1.29 is 9.53 Å². The van der Waals surface area contributed by atoms with Crippen molar-refractivity contribution in [1.29, 1.82) is 0 Å². The van der Waals surface area contributed by atoms with Gasteiger partial charge < -0.3 is 15.4 Å². The van der Waals surface area contributed by atoms with Crippen LogP contribution in [-0.4, -0.2) is 30.3 Å². The van der Waals surface area contributed by atoms with Crippen LogP contribution in [0, 0.1) is 12.3 Å². The lowest BCUT2D eigenvalue weighted by atomic mass is 9.91. The summed E-state index contributed by atoms with van der Waals surface area (Å²) in [5.41, 5.74) is -0.441. The van der Waals surface area contributed by atoms with E-state index in [4.69, 9.17) is 11.2 Å². The fourth-order valence-corrected chi connectivity index (χ4v) is 2.33. The highest BCUT2D eigenvalue weighted by atomic mass is 16.6. The summed E-state index contributed by atoms with van der Waals surface area (Å²) in [6.45, 7) is 6.47. The van der Waals surface area contributed by atoms with Gasteiger partial charge in [-0.25, -0.2) is 4.79 Å². The maximum absolute atomic E-state index is 11.7. The Morgan fingerprint density at radius 3 is 2.68 bits per heavy atom. The number of carbonyl (C=O) groups excluding carboxylic acids is 1. The zero-order valence-electron chi connectivity index (χ0n) is 12.3. The van der Waals surface area contributed by atoms with E-state index in [2.05, 4.69) is 16.6 Å². The van der Waals surface area contributed by atoms with E-state index in [0.29, 0.717) is 6.04 Å². The Hall–Kier alpha value is -1.21. The molecular weight excluding hydrogens is 240 g/mol. The predicted octanol–water partition coefficient (Wildman–Crippen LogP) is 2.44. The molecule has 1 rings (SSSR count). The molecule has 1 aliphatic rings. The summed E-state index contributed by atoms with van der Waals surface area (Å²) < 4.78 is 5.28. The fraction of sp³-hybridized carbons (Fsp3) is 0.800. The first-order chi connectivity index (χ1) is 8.90. The van der Waals surface area contributed by atoms with Crippen LogP contribution >= 0.6 is 0 Å². The van der Waals surface area contributed by atoms with E-state index in [9.17, 15) is 4.79 Å². The first-order valence-corrected chi connectivity index (χ1v) is 7.07. The highest BCUT2D eigenvalue weighted by molar-refractivity contribution is 5.68. The molecule has 1 amide bonds. The molecule has 19 heavy (non-hydrogen) atoms. The zero-order valence-corrected chi connectivity index (χ0v) is 12.3. The SMILES string of the molecule is C#CCCNC1CCCC(NC(=O)OC(C)(C)C)C1. The van der Waals surface area contributed by atoms with Gasteiger partial charge in [0, 0.05) is 25.0 Å². The minimum Gasteiger partial charge on any atom is -0.444 e. The first-order valence-electron chi connectivity index (χ1n) is 7.07. The van der Waals surface area contributed by atoms with Crippen LogP contribution in [0.4, 0.5) is 4.79 Å².